The van der Waals surface area contributed by atoms with E-state index in [0.29, 0.717) is 3.57 Å². The standard InChI is InChI=1S/C9H8F2INO2/c1-2-15-9(14)7-3-5(8(10)11)6(12)4-13-7/h3-4,8H,2H2,1H3. The quantitative estimate of drug-likeness (QED) is 0.633. The lowest BCUT2D eigenvalue weighted by Crippen LogP contribution is -2.08. The number of esters is 1. The minimum absolute atomic E-state index is 0.0902. The lowest BCUT2D eigenvalue weighted by atomic mass is 10.2. The van der Waals surface area contributed by atoms with E-state index in [-0.39, 0.29) is 17.9 Å². The first-order valence-electron chi connectivity index (χ1n) is 4.17. The topological polar surface area (TPSA) is 39.2 Å². The molecule has 0 spiro atoms. The number of ether oxygens (including phenoxy) is 1. The van der Waals surface area contributed by atoms with Crippen molar-refractivity contribution in [2.45, 2.75) is 13.3 Å². The van der Waals surface area contributed by atoms with Gasteiger partial charge in [-0.05, 0) is 35.6 Å². The number of alkyl halides is 2. The van der Waals surface area contributed by atoms with Crippen molar-refractivity contribution in [3.8, 4) is 0 Å². The second-order valence-electron chi connectivity index (χ2n) is 2.61. The molecule has 0 unspecified atom stereocenters. The fraction of sp³-hybridized carbons (Fsp3) is 0.333. The van der Waals surface area contributed by atoms with Gasteiger partial charge in [-0.15, -0.1) is 0 Å². The Balaban J connectivity index is 3.02. The molecule has 82 valence electrons. The molecule has 0 saturated heterocycles. The second kappa shape index (κ2) is 5.34. The highest BCUT2D eigenvalue weighted by atomic mass is 127. The number of rotatable bonds is 3. The molecule has 0 aromatic carbocycles. The van der Waals surface area contributed by atoms with Crippen LogP contribution in [-0.4, -0.2) is 17.6 Å². The first-order chi connectivity index (χ1) is 7.06. The molecule has 1 heterocycles. The van der Waals surface area contributed by atoms with Gasteiger partial charge in [-0.3, -0.25) is 0 Å². The van der Waals surface area contributed by atoms with Gasteiger partial charge in [-0.2, -0.15) is 0 Å². The van der Waals surface area contributed by atoms with Crippen LogP contribution in [0, 0.1) is 3.57 Å². The normalized spacial score (nSPS) is 10.5. The Morgan fingerprint density at radius 3 is 2.87 bits per heavy atom. The van der Waals surface area contributed by atoms with Gasteiger partial charge in [0.1, 0.15) is 5.69 Å². The molecular formula is C9H8F2INO2. The number of aromatic nitrogens is 1. The number of nitrogens with zero attached hydrogens (tertiary/aromatic N) is 1. The summed E-state index contributed by atoms with van der Waals surface area (Å²) in [5.74, 6) is -0.684. The zero-order valence-corrected chi connectivity index (χ0v) is 9.99. The van der Waals surface area contributed by atoms with Crippen molar-refractivity contribution in [3.05, 3.63) is 27.1 Å². The van der Waals surface area contributed by atoms with E-state index in [9.17, 15) is 13.6 Å². The van der Waals surface area contributed by atoms with Gasteiger partial charge in [0.15, 0.2) is 0 Å². The predicted molar refractivity (Wildman–Crippen MR) is 57.9 cm³/mol. The van der Waals surface area contributed by atoms with Gasteiger partial charge in [0, 0.05) is 15.3 Å². The molecule has 1 rings (SSSR count). The van der Waals surface area contributed by atoms with Crippen LogP contribution in [0.15, 0.2) is 12.3 Å². The summed E-state index contributed by atoms with van der Waals surface area (Å²) in [4.78, 5) is 14.9. The van der Waals surface area contributed by atoms with Gasteiger partial charge in [-0.25, -0.2) is 18.6 Å². The highest BCUT2D eigenvalue weighted by Gasteiger charge is 2.16. The number of halogens is 3. The lowest BCUT2D eigenvalue weighted by molar-refractivity contribution is 0.0519. The van der Waals surface area contributed by atoms with Crippen LogP contribution in [-0.2, 0) is 4.74 Å². The lowest BCUT2D eigenvalue weighted by Gasteiger charge is -2.05. The first kappa shape index (κ1) is 12.3. The van der Waals surface area contributed by atoms with E-state index >= 15 is 0 Å². The fourth-order valence-corrected chi connectivity index (χ4v) is 1.47. The highest BCUT2D eigenvalue weighted by molar-refractivity contribution is 14.1. The van der Waals surface area contributed by atoms with Gasteiger partial charge in [0.2, 0.25) is 0 Å². The SMILES string of the molecule is CCOC(=O)c1cc(C(F)F)c(I)cn1. The number of carbonyl (C=O) groups excluding carboxylic acids is 1. The van der Waals surface area contributed by atoms with Crippen molar-refractivity contribution in [2.24, 2.45) is 0 Å². The third kappa shape index (κ3) is 3.08. The van der Waals surface area contributed by atoms with Crippen LogP contribution in [0.5, 0.6) is 0 Å². The Labute approximate surface area is 99.0 Å². The van der Waals surface area contributed by atoms with E-state index in [2.05, 4.69) is 9.72 Å². The Hall–Kier alpha value is -0.790. The molecule has 15 heavy (non-hydrogen) atoms. The summed E-state index contributed by atoms with van der Waals surface area (Å²) in [7, 11) is 0. The molecule has 0 aliphatic heterocycles. The van der Waals surface area contributed by atoms with Crippen LogP contribution in [0.25, 0.3) is 0 Å². The van der Waals surface area contributed by atoms with Gasteiger partial charge < -0.3 is 4.74 Å². The van der Waals surface area contributed by atoms with E-state index in [4.69, 9.17) is 0 Å². The summed E-state index contributed by atoms with van der Waals surface area (Å²) in [5, 5.41) is 0. The van der Waals surface area contributed by atoms with E-state index < -0.39 is 12.4 Å². The van der Waals surface area contributed by atoms with Crippen LogP contribution in [0.1, 0.15) is 29.4 Å². The van der Waals surface area contributed by atoms with Crippen LogP contribution in [0.4, 0.5) is 8.78 Å². The maximum Gasteiger partial charge on any atom is 0.356 e. The number of carbonyl (C=O) groups is 1. The smallest absolute Gasteiger partial charge is 0.356 e. The van der Waals surface area contributed by atoms with Gasteiger partial charge in [-0.1, -0.05) is 0 Å². The van der Waals surface area contributed by atoms with E-state index in [0.717, 1.165) is 6.07 Å². The number of hydrogen-bond donors (Lipinski definition) is 0. The summed E-state index contributed by atoms with van der Waals surface area (Å²) >= 11 is 1.74. The Kier molecular flexibility index (Phi) is 4.37. The Bertz CT molecular complexity index is 371. The molecule has 0 fully saturated rings. The average Bonchev–Trinajstić information content (AvgIpc) is 2.18. The van der Waals surface area contributed by atoms with Crippen LogP contribution < -0.4 is 0 Å². The second-order valence-corrected chi connectivity index (χ2v) is 3.77. The van der Waals surface area contributed by atoms with Crippen molar-refractivity contribution in [1.82, 2.24) is 4.98 Å². The molecule has 0 aliphatic carbocycles. The molecule has 1 aromatic rings. The monoisotopic (exact) mass is 327 g/mol. The molecule has 0 bridgehead atoms. The molecular weight excluding hydrogens is 319 g/mol. The third-order valence-corrected chi connectivity index (χ3v) is 2.51. The van der Waals surface area contributed by atoms with Crippen molar-refractivity contribution >= 4 is 28.6 Å². The molecule has 0 radical (unpaired) electrons. The summed E-state index contributed by atoms with van der Waals surface area (Å²) in [5.41, 5.74) is -0.291. The molecule has 0 aliphatic rings. The average molecular weight is 327 g/mol. The first-order valence-corrected chi connectivity index (χ1v) is 5.24. The maximum atomic E-state index is 12.5. The minimum atomic E-state index is -2.62. The Morgan fingerprint density at radius 1 is 1.67 bits per heavy atom. The Morgan fingerprint density at radius 2 is 2.33 bits per heavy atom. The van der Waals surface area contributed by atoms with Crippen molar-refractivity contribution in [1.29, 1.82) is 0 Å². The van der Waals surface area contributed by atoms with Gasteiger partial charge in [0.05, 0.1) is 6.61 Å². The highest BCUT2D eigenvalue weighted by Crippen LogP contribution is 2.24. The maximum absolute atomic E-state index is 12.5. The van der Waals surface area contributed by atoms with E-state index in [1.54, 1.807) is 29.5 Å². The molecule has 0 amide bonds. The third-order valence-electron chi connectivity index (χ3n) is 1.60. The van der Waals surface area contributed by atoms with E-state index in [1.165, 1.54) is 6.20 Å². The zero-order chi connectivity index (χ0) is 11.4. The van der Waals surface area contributed by atoms with Crippen LogP contribution >= 0.6 is 22.6 Å². The van der Waals surface area contributed by atoms with Crippen molar-refractivity contribution in [3.63, 3.8) is 0 Å². The summed E-state index contributed by atoms with van der Waals surface area (Å²) in [6.45, 7) is 1.83. The van der Waals surface area contributed by atoms with Crippen LogP contribution in [0.3, 0.4) is 0 Å². The largest absolute Gasteiger partial charge is 0.461 e. The fourth-order valence-electron chi connectivity index (χ4n) is 0.938. The van der Waals surface area contributed by atoms with Gasteiger partial charge in [0.25, 0.3) is 6.43 Å². The molecule has 6 heteroatoms. The van der Waals surface area contributed by atoms with Gasteiger partial charge >= 0.3 is 5.97 Å². The summed E-state index contributed by atoms with van der Waals surface area (Å²) < 4.78 is 29.9. The molecule has 1 aromatic heterocycles. The van der Waals surface area contributed by atoms with Crippen molar-refractivity contribution in [2.75, 3.05) is 6.61 Å². The minimum Gasteiger partial charge on any atom is -0.461 e. The zero-order valence-electron chi connectivity index (χ0n) is 7.84. The number of hydrogen-bond acceptors (Lipinski definition) is 3. The summed E-state index contributed by atoms with van der Waals surface area (Å²) in [6.07, 6.45) is -1.39. The van der Waals surface area contributed by atoms with Crippen LogP contribution in [0.2, 0.25) is 0 Å². The predicted octanol–water partition coefficient (Wildman–Crippen LogP) is 2.80. The summed E-state index contributed by atoms with van der Waals surface area (Å²) in [6, 6.07) is 1.06. The van der Waals surface area contributed by atoms with E-state index in [1.807, 2.05) is 0 Å². The molecule has 0 atom stereocenters. The van der Waals surface area contributed by atoms with Crippen molar-refractivity contribution < 1.29 is 18.3 Å². The molecule has 0 saturated carbocycles. The molecule has 3 nitrogen and oxygen atoms in total. The number of pyridine rings is 1. The molecule has 0 N–H and O–H groups in total.